The number of likely N-dealkylation sites (tertiary alicyclic amines) is 1. The zero-order chi connectivity index (χ0) is 17.8. The summed E-state index contributed by atoms with van der Waals surface area (Å²) < 4.78 is 5.37. The van der Waals surface area contributed by atoms with E-state index in [0.29, 0.717) is 12.3 Å². The van der Waals surface area contributed by atoms with Gasteiger partial charge in [-0.25, -0.2) is 4.98 Å². The first-order valence-electron chi connectivity index (χ1n) is 9.08. The third-order valence-electron chi connectivity index (χ3n) is 4.95. The van der Waals surface area contributed by atoms with Crippen LogP contribution in [0.2, 0.25) is 0 Å². The molecular formula is C21H22N2O2S. The van der Waals surface area contributed by atoms with E-state index in [1.165, 1.54) is 16.9 Å². The van der Waals surface area contributed by atoms with Crippen LogP contribution in [-0.2, 0) is 17.6 Å². The number of hydrogen-bond donors (Lipinski definition) is 0. The van der Waals surface area contributed by atoms with Crippen LogP contribution in [0.25, 0.3) is 10.8 Å². The number of piperidine rings is 1. The minimum Gasteiger partial charge on any atom is -0.462 e. The molecule has 1 aliphatic heterocycles. The summed E-state index contributed by atoms with van der Waals surface area (Å²) in [7, 11) is 0. The Bertz CT molecular complexity index is 834. The number of amides is 1. The number of aromatic nitrogens is 1. The van der Waals surface area contributed by atoms with E-state index in [0.717, 1.165) is 48.8 Å². The molecular weight excluding hydrogens is 344 g/mol. The lowest BCUT2D eigenvalue weighted by Crippen LogP contribution is -2.39. The van der Waals surface area contributed by atoms with Crippen LogP contribution >= 0.6 is 11.3 Å². The normalized spacial score (nSPS) is 15.3. The van der Waals surface area contributed by atoms with E-state index in [-0.39, 0.29) is 5.91 Å². The zero-order valence-corrected chi connectivity index (χ0v) is 15.5. The van der Waals surface area contributed by atoms with Crippen LogP contribution < -0.4 is 0 Å². The van der Waals surface area contributed by atoms with Gasteiger partial charge in [-0.2, -0.15) is 0 Å². The van der Waals surface area contributed by atoms with E-state index in [1.807, 2.05) is 22.4 Å². The molecule has 1 aliphatic rings. The quantitative estimate of drug-likeness (QED) is 0.671. The number of hydrogen-bond acceptors (Lipinski definition) is 4. The minimum absolute atomic E-state index is 0.180. The third kappa shape index (κ3) is 4.05. The molecule has 3 aromatic rings. The highest BCUT2D eigenvalue weighted by Gasteiger charge is 2.23. The second-order valence-corrected chi connectivity index (χ2v) is 7.67. The Kier molecular flexibility index (Phi) is 5.16. The van der Waals surface area contributed by atoms with Crippen molar-refractivity contribution >= 4 is 17.2 Å². The van der Waals surface area contributed by atoms with E-state index >= 15 is 0 Å². The number of rotatable bonds is 5. The molecule has 0 spiro atoms. The lowest BCUT2D eigenvalue weighted by molar-refractivity contribution is -0.131. The molecule has 0 radical (unpaired) electrons. The summed E-state index contributed by atoms with van der Waals surface area (Å²) in [5.41, 5.74) is 2.23. The molecule has 0 saturated carbocycles. The van der Waals surface area contributed by atoms with Gasteiger partial charge in [-0.05, 0) is 42.9 Å². The fourth-order valence-electron chi connectivity index (χ4n) is 3.50. The molecule has 1 saturated heterocycles. The van der Waals surface area contributed by atoms with Gasteiger partial charge in [-0.15, -0.1) is 11.3 Å². The summed E-state index contributed by atoms with van der Waals surface area (Å²) in [6.07, 6.45) is 5.29. The SMILES string of the molecule is O=C(Cc1csc(-c2ccco2)n1)N1CCC(Cc2ccccc2)CC1. The van der Waals surface area contributed by atoms with Gasteiger partial charge in [0.25, 0.3) is 0 Å². The van der Waals surface area contributed by atoms with Crippen molar-refractivity contribution in [2.24, 2.45) is 5.92 Å². The van der Waals surface area contributed by atoms with Crippen LogP contribution in [-0.4, -0.2) is 28.9 Å². The second-order valence-electron chi connectivity index (χ2n) is 6.81. The van der Waals surface area contributed by atoms with Gasteiger partial charge in [0.2, 0.25) is 5.91 Å². The molecule has 0 aliphatic carbocycles. The second kappa shape index (κ2) is 7.87. The summed E-state index contributed by atoms with van der Waals surface area (Å²) in [5, 5.41) is 2.79. The average Bonchev–Trinajstić information content (AvgIpc) is 3.35. The smallest absolute Gasteiger partial charge is 0.228 e. The summed E-state index contributed by atoms with van der Waals surface area (Å²) >= 11 is 1.52. The monoisotopic (exact) mass is 366 g/mol. The van der Waals surface area contributed by atoms with Gasteiger partial charge in [0.1, 0.15) is 0 Å². The predicted molar refractivity (Wildman–Crippen MR) is 103 cm³/mol. The highest BCUT2D eigenvalue weighted by atomic mass is 32.1. The summed E-state index contributed by atoms with van der Waals surface area (Å²) in [4.78, 5) is 19.1. The first-order valence-corrected chi connectivity index (χ1v) is 9.96. The van der Waals surface area contributed by atoms with Crippen molar-refractivity contribution in [2.45, 2.75) is 25.7 Å². The van der Waals surface area contributed by atoms with E-state index in [4.69, 9.17) is 4.42 Å². The first-order chi connectivity index (χ1) is 12.8. The maximum absolute atomic E-state index is 12.6. The van der Waals surface area contributed by atoms with Gasteiger partial charge >= 0.3 is 0 Å². The van der Waals surface area contributed by atoms with Crippen LogP contribution in [0.1, 0.15) is 24.1 Å². The van der Waals surface area contributed by atoms with Gasteiger partial charge in [-0.3, -0.25) is 4.79 Å². The summed E-state index contributed by atoms with van der Waals surface area (Å²) in [6, 6.07) is 14.4. The molecule has 1 aromatic carbocycles. The van der Waals surface area contributed by atoms with Crippen LogP contribution in [0.5, 0.6) is 0 Å². The molecule has 0 bridgehead atoms. The highest BCUT2D eigenvalue weighted by Crippen LogP contribution is 2.25. The molecule has 0 atom stereocenters. The van der Waals surface area contributed by atoms with Crippen molar-refractivity contribution < 1.29 is 9.21 Å². The van der Waals surface area contributed by atoms with Crippen molar-refractivity contribution in [1.29, 1.82) is 0 Å². The molecule has 3 heterocycles. The number of thiazole rings is 1. The molecule has 134 valence electrons. The lowest BCUT2D eigenvalue weighted by Gasteiger charge is -2.32. The fraction of sp³-hybridized carbons (Fsp3) is 0.333. The van der Waals surface area contributed by atoms with Crippen molar-refractivity contribution in [3.8, 4) is 10.8 Å². The molecule has 0 unspecified atom stereocenters. The number of nitrogens with zero attached hydrogens (tertiary/aromatic N) is 2. The van der Waals surface area contributed by atoms with Crippen molar-refractivity contribution in [3.63, 3.8) is 0 Å². The minimum atomic E-state index is 0.180. The largest absolute Gasteiger partial charge is 0.462 e. The van der Waals surface area contributed by atoms with Crippen molar-refractivity contribution in [3.05, 3.63) is 65.4 Å². The number of furan rings is 1. The van der Waals surface area contributed by atoms with Gasteiger partial charge in [0.15, 0.2) is 10.8 Å². The maximum atomic E-state index is 12.6. The topological polar surface area (TPSA) is 46.3 Å². The van der Waals surface area contributed by atoms with Gasteiger partial charge in [-0.1, -0.05) is 30.3 Å². The third-order valence-corrected chi connectivity index (χ3v) is 5.86. The predicted octanol–water partition coefficient (Wildman–Crippen LogP) is 4.43. The van der Waals surface area contributed by atoms with Crippen LogP contribution in [0.15, 0.2) is 58.5 Å². The van der Waals surface area contributed by atoms with Gasteiger partial charge in [0, 0.05) is 18.5 Å². The van der Waals surface area contributed by atoms with E-state index in [1.54, 1.807) is 6.26 Å². The maximum Gasteiger partial charge on any atom is 0.228 e. The molecule has 1 amide bonds. The Morgan fingerprint density at radius 1 is 1.15 bits per heavy atom. The Labute approximate surface area is 157 Å². The van der Waals surface area contributed by atoms with Gasteiger partial charge in [0.05, 0.1) is 18.4 Å². The average molecular weight is 366 g/mol. The molecule has 5 heteroatoms. The first kappa shape index (κ1) is 17.0. The molecule has 26 heavy (non-hydrogen) atoms. The molecule has 4 rings (SSSR count). The molecule has 0 N–H and O–H groups in total. The Balaban J connectivity index is 1.28. The van der Waals surface area contributed by atoms with E-state index < -0.39 is 0 Å². The number of carbonyl (C=O) groups is 1. The number of carbonyl (C=O) groups excluding carboxylic acids is 1. The number of benzene rings is 1. The molecule has 4 nitrogen and oxygen atoms in total. The van der Waals surface area contributed by atoms with E-state index in [2.05, 4.69) is 35.3 Å². The van der Waals surface area contributed by atoms with E-state index in [9.17, 15) is 4.79 Å². The van der Waals surface area contributed by atoms with Crippen LogP contribution in [0.4, 0.5) is 0 Å². The fourth-order valence-corrected chi connectivity index (χ4v) is 4.29. The Morgan fingerprint density at radius 2 is 1.96 bits per heavy atom. The van der Waals surface area contributed by atoms with Crippen molar-refractivity contribution in [1.82, 2.24) is 9.88 Å². The standard InChI is InChI=1S/C21H22N2O2S/c24-20(14-18-15-26-21(22-18)19-7-4-12-25-19)23-10-8-17(9-11-23)13-16-5-2-1-3-6-16/h1-7,12,15,17H,8-11,13-14H2. The summed E-state index contributed by atoms with van der Waals surface area (Å²) in [5.74, 6) is 1.61. The van der Waals surface area contributed by atoms with Crippen LogP contribution in [0.3, 0.4) is 0 Å². The Morgan fingerprint density at radius 3 is 2.69 bits per heavy atom. The zero-order valence-electron chi connectivity index (χ0n) is 14.6. The van der Waals surface area contributed by atoms with Crippen molar-refractivity contribution in [2.75, 3.05) is 13.1 Å². The van der Waals surface area contributed by atoms with Crippen LogP contribution in [0, 0.1) is 5.92 Å². The molecule has 2 aromatic heterocycles. The Hall–Kier alpha value is -2.40. The lowest BCUT2D eigenvalue weighted by atomic mass is 9.90. The highest BCUT2D eigenvalue weighted by molar-refractivity contribution is 7.13. The summed E-state index contributed by atoms with van der Waals surface area (Å²) in [6.45, 7) is 1.71. The van der Waals surface area contributed by atoms with Gasteiger partial charge < -0.3 is 9.32 Å². The molecule has 1 fully saturated rings.